The fraction of sp³-hybridized carbons (Fsp3) is 0.607. The van der Waals surface area contributed by atoms with Crippen molar-refractivity contribution >= 4 is 17.8 Å². The molecule has 3 fully saturated rings. The van der Waals surface area contributed by atoms with Crippen LogP contribution in [0.2, 0.25) is 0 Å². The Labute approximate surface area is 217 Å². The van der Waals surface area contributed by atoms with Crippen LogP contribution in [0.5, 0.6) is 11.5 Å². The molecule has 1 aromatic carbocycles. The van der Waals surface area contributed by atoms with Crippen LogP contribution in [-0.4, -0.2) is 42.1 Å². The average Bonchev–Trinajstić information content (AvgIpc) is 3.48. The van der Waals surface area contributed by atoms with Crippen molar-refractivity contribution in [2.24, 2.45) is 23.2 Å². The maximum absolute atomic E-state index is 14.9. The normalized spacial score (nSPS) is 30.4. The number of halogens is 1. The van der Waals surface area contributed by atoms with E-state index in [2.05, 4.69) is 17.2 Å². The third-order valence-corrected chi connectivity index (χ3v) is 8.59. The van der Waals surface area contributed by atoms with Gasteiger partial charge in [0.1, 0.15) is 5.75 Å². The molecule has 3 saturated carbocycles. The molecule has 202 valence electrons. The van der Waals surface area contributed by atoms with Gasteiger partial charge in [0.2, 0.25) is 5.91 Å². The molecule has 3 aliphatic rings. The van der Waals surface area contributed by atoms with E-state index < -0.39 is 23.1 Å². The first-order valence-electron chi connectivity index (χ1n) is 13.1. The van der Waals surface area contributed by atoms with Crippen molar-refractivity contribution in [3.8, 4) is 11.5 Å². The summed E-state index contributed by atoms with van der Waals surface area (Å²) in [5, 5.41) is 15.4. The molecule has 1 aromatic rings. The van der Waals surface area contributed by atoms with Crippen molar-refractivity contribution in [3.63, 3.8) is 0 Å². The molecule has 0 spiro atoms. The summed E-state index contributed by atoms with van der Waals surface area (Å²) in [6.07, 6.45) is 4.86. The quantitative estimate of drug-likeness (QED) is 0.447. The maximum atomic E-state index is 14.9. The Hall–Kier alpha value is -3.10. The molecule has 2 bridgehead atoms. The Kier molecular flexibility index (Phi) is 7.80. The summed E-state index contributed by atoms with van der Waals surface area (Å²) in [6.45, 7) is 7.50. The topological polar surface area (TPSA) is 114 Å². The van der Waals surface area contributed by atoms with Crippen LogP contribution in [0, 0.1) is 29.0 Å². The van der Waals surface area contributed by atoms with E-state index in [9.17, 15) is 23.9 Å². The summed E-state index contributed by atoms with van der Waals surface area (Å²) in [5.74, 6) is -2.01. The van der Waals surface area contributed by atoms with Gasteiger partial charge in [-0.25, -0.2) is 4.39 Å². The third kappa shape index (κ3) is 5.45. The number of aliphatic carboxylic acids is 1. The Morgan fingerprint density at radius 1 is 1.14 bits per heavy atom. The Balaban J connectivity index is 1.50. The van der Waals surface area contributed by atoms with Crippen LogP contribution in [-0.2, 0) is 9.59 Å². The molecule has 37 heavy (non-hydrogen) atoms. The first-order chi connectivity index (χ1) is 17.6. The van der Waals surface area contributed by atoms with E-state index >= 15 is 0 Å². The van der Waals surface area contributed by atoms with Gasteiger partial charge in [-0.05, 0) is 76.2 Å². The van der Waals surface area contributed by atoms with Gasteiger partial charge in [0.25, 0.3) is 5.91 Å². The lowest BCUT2D eigenvalue weighted by atomic mass is 9.75. The van der Waals surface area contributed by atoms with Crippen molar-refractivity contribution in [3.05, 3.63) is 35.8 Å². The summed E-state index contributed by atoms with van der Waals surface area (Å²) in [6, 6.07) is 2.14. The van der Waals surface area contributed by atoms with E-state index in [1.165, 1.54) is 13.2 Å². The van der Waals surface area contributed by atoms with Gasteiger partial charge in [0.15, 0.2) is 11.6 Å². The molecule has 0 aliphatic heterocycles. The van der Waals surface area contributed by atoms with Gasteiger partial charge in [0, 0.05) is 17.8 Å². The molecule has 2 amide bonds. The third-order valence-electron chi connectivity index (χ3n) is 8.59. The molecule has 0 saturated heterocycles. The molecular weight excluding hydrogens is 479 g/mol. The zero-order valence-corrected chi connectivity index (χ0v) is 21.8. The standard InChI is InChI=1S/C28H37FN2O6/c1-5-15(2)30-26(33)23-16-6-7-17(12-16)24(23)31-25(32)19-13-22(20(29)14-21(19)36-4)37-18-8-10-28(3,11-9-18)27(34)35/h13-14,16-18,23-24H,2,5-12H2,1,3-4H3,(H,30,33)(H,31,32)(H,34,35)/t16-,17+,18?,23+,24-,28?/m1/s1. The van der Waals surface area contributed by atoms with Crippen LogP contribution >= 0.6 is 0 Å². The number of carbonyl (C=O) groups excluding carboxylic acids is 2. The lowest BCUT2D eigenvalue weighted by Gasteiger charge is -2.34. The van der Waals surface area contributed by atoms with Crippen LogP contribution in [0.15, 0.2) is 24.4 Å². The van der Waals surface area contributed by atoms with E-state index in [0.717, 1.165) is 25.3 Å². The predicted octanol–water partition coefficient (Wildman–Crippen LogP) is 4.43. The summed E-state index contributed by atoms with van der Waals surface area (Å²) in [7, 11) is 1.37. The van der Waals surface area contributed by atoms with Gasteiger partial charge in [0.05, 0.1) is 30.1 Å². The van der Waals surface area contributed by atoms with Crippen LogP contribution in [0.3, 0.4) is 0 Å². The predicted molar refractivity (Wildman–Crippen MR) is 135 cm³/mol. The molecule has 0 aromatic heterocycles. The van der Waals surface area contributed by atoms with E-state index in [1.807, 2.05) is 6.92 Å². The second kappa shape index (κ2) is 10.7. The number of rotatable bonds is 9. The molecule has 3 N–H and O–H groups in total. The number of hydrogen-bond donors (Lipinski definition) is 3. The van der Waals surface area contributed by atoms with E-state index in [1.54, 1.807) is 6.92 Å². The van der Waals surface area contributed by atoms with Crippen LogP contribution < -0.4 is 20.1 Å². The molecule has 9 heteroatoms. The van der Waals surface area contributed by atoms with Crippen molar-refractivity contribution in [1.82, 2.24) is 10.6 Å². The van der Waals surface area contributed by atoms with Gasteiger partial charge in [-0.1, -0.05) is 13.5 Å². The first-order valence-corrected chi connectivity index (χ1v) is 13.1. The van der Waals surface area contributed by atoms with Crippen molar-refractivity contribution in [1.29, 1.82) is 0 Å². The zero-order valence-electron chi connectivity index (χ0n) is 21.8. The highest BCUT2D eigenvalue weighted by molar-refractivity contribution is 5.98. The number of carboxylic acids is 1. The van der Waals surface area contributed by atoms with E-state index in [0.29, 0.717) is 37.8 Å². The summed E-state index contributed by atoms with van der Waals surface area (Å²) in [5.41, 5.74) is -0.0349. The van der Waals surface area contributed by atoms with E-state index in [4.69, 9.17) is 9.47 Å². The molecule has 0 heterocycles. The van der Waals surface area contributed by atoms with Crippen LogP contribution in [0.1, 0.15) is 75.6 Å². The largest absolute Gasteiger partial charge is 0.496 e. The number of amides is 2. The molecule has 4 rings (SSSR count). The zero-order chi connectivity index (χ0) is 26.9. The Morgan fingerprint density at radius 2 is 1.81 bits per heavy atom. The molecule has 4 atom stereocenters. The van der Waals surface area contributed by atoms with Crippen LogP contribution in [0.4, 0.5) is 4.39 Å². The molecule has 0 radical (unpaired) electrons. The lowest BCUT2D eigenvalue weighted by Crippen LogP contribution is -2.49. The number of carbonyl (C=O) groups is 3. The SMILES string of the molecule is C=C(CC)NC(=O)[C@H]1[C@@H]2CC[C@@H](C2)[C@H]1NC(=O)c1cc(OC2CCC(C)(C(=O)O)CC2)c(F)cc1OC. The second-order valence-corrected chi connectivity index (χ2v) is 11.0. The number of hydrogen-bond acceptors (Lipinski definition) is 5. The summed E-state index contributed by atoms with van der Waals surface area (Å²) in [4.78, 5) is 38.0. The minimum atomic E-state index is -0.841. The fourth-order valence-corrected chi connectivity index (χ4v) is 6.16. The fourth-order valence-electron chi connectivity index (χ4n) is 6.16. The minimum absolute atomic E-state index is 0.0728. The Bertz CT molecular complexity index is 1080. The second-order valence-electron chi connectivity index (χ2n) is 11.0. The van der Waals surface area contributed by atoms with Crippen molar-refractivity contribution < 1.29 is 33.4 Å². The maximum Gasteiger partial charge on any atom is 0.309 e. The minimum Gasteiger partial charge on any atom is -0.496 e. The van der Waals surface area contributed by atoms with Gasteiger partial charge < -0.3 is 25.2 Å². The highest BCUT2D eigenvalue weighted by Gasteiger charge is 2.51. The van der Waals surface area contributed by atoms with Gasteiger partial charge in [-0.2, -0.15) is 0 Å². The number of allylic oxidation sites excluding steroid dienone is 1. The number of ether oxygens (including phenoxy) is 2. The number of benzene rings is 1. The highest BCUT2D eigenvalue weighted by atomic mass is 19.1. The van der Waals surface area contributed by atoms with Gasteiger partial charge >= 0.3 is 5.97 Å². The van der Waals surface area contributed by atoms with Gasteiger partial charge in [-0.15, -0.1) is 0 Å². The summed E-state index contributed by atoms with van der Waals surface area (Å²) >= 11 is 0. The average molecular weight is 517 g/mol. The van der Waals surface area contributed by atoms with E-state index in [-0.39, 0.29) is 52.9 Å². The number of methoxy groups -OCH3 is 1. The highest BCUT2D eigenvalue weighted by Crippen LogP contribution is 2.49. The number of carboxylic acid groups (broad SMARTS) is 1. The van der Waals surface area contributed by atoms with Crippen molar-refractivity contribution in [2.45, 2.75) is 77.4 Å². The monoisotopic (exact) mass is 516 g/mol. The molecule has 0 unspecified atom stereocenters. The number of nitrogens with one attached hydrogen (secondary N) is 2. The smallest absolute Gasteiger partial charge is 0.309 e. The number of fused-ring (bicyclic) bond motifs is 2. The van der Waals surface area contributed by atoms with Gasteiger partial charge in [-0.3, -0.25) is 14.4 Å². The van der Waals surface area contributed by atoms with Crippen molar-refractivity contribution in [2.75, 3.05) is 7.11 Å². The molecular formula is C28H37FN2O6. The first kappa shape index (κ1) is 26.9. The molecule has 8 nitrogen and oxygen atoms in total. The molecule has 3 aliphatic carbocycles. The van der Waals surface area contributed by atoms with Crippen LogP contribution in [0.25, 0.3) is 0 Å². The lowest BCUT2D eigenvalue weighted by molar-refractivity contribution is -0.150. The Morgan fingerprint density at radius 3 is 2.43 bits per heavy atom. The summed E-state index contributed by atoms with van der Waals surface area (Å²) < 4.78 is 26.1.